The molecule has 0 aromatic carbocycles. The van der Waals surface area contributed by atoms with Gasteiger partial charge >= 0.3 is 0 Å². The fourth-order valence-corrected chi connectivity index (χ4v) is 4.38. The molecule has 1 saturated heterocycles. The monoisotopic (exact) mass is 270 g/mol. The molecule has 18 heavy (non-hydrogen) atoms. The van der Waals surface area contributed by atoms with Gasteiger partial charge in [0.05, 0.1) is 0 Å². The Morgan fingerprint density at radius 3 is 2.61 bits per heavy atom. The van der Waals surface area contributed by atoms with Crippen molar-refractivity contribution in [1.82, 2.24) is 10.2 Å². The van der Waals surface area contributed by atoms with Crippen molar-refractivity contribution in [2.45, 2.75) is 68.7 Å². The van der Waals surface area contributed by atoms with Crippen molar-refractivity contribution in [3.05, 3.63) is 0 Å². The molecule has 2 atom stereocenters. The van der Waals surface area contributed by atoms with Crippen molar-refractivity contribution in [1.29, 1.82) is 0 Å². The zero-order valence-electron chi connectivity index (χ0n) is 12.4. The fourth-order valence-electron chi connectivity index (χ4n) is 3.45. The molecule has 0 spiro atoms. The smallest absolute Gasteiger partial charge is 0.0281 e. The van der Waals surface area contributed by atoms with E-state index in [-0.39, 0.29) is 0 Å². The minimum Gasteiger partial charge on any atom is -0.312 e. The van der Waals surface area contributed by atoms with Crippen molar-refractivity contribution in [3.63, 3.8) is 0 Å². The summed E-state index contributed by atoms with van der Waals surface area (Å²) >= 11 is 2.11. The van der Waals surface area contributed by atoms with Gasteiger partial charge in [-0.25, -0.2) is 0 Å². The molecule has 2 unspecified atom stereocenters. The average Bonchev–Trinajstić information content (AvgIpc) is 2.41. The van der Waals surface area contributed by atoms with Crippen molar-refractivity contribution >= 4 is 11.8 Å². The van der Waals surface area contributed by atoms with Crippen LogP contribution in [0, 0.1) is 0 Å². The molecule has 1 aliphatic heterocycles. The molecule has 3 heteroatoms. The first-order valence-electron chi connectivity index (χ1n) is 7.64. The van der Waals surface area contributed by atoms with E-state index in [9.17, 15) is 0 Å². The van der Waals surface area contributed by atoms with E-state index in [1.807, 2.05) is 0 Å². The second kappa shape index (κ2) is 6.62. The van der Waals surface area contributed by atoms with Crippen molar-refractivity contribution < 1.29 is 0 Å². The van der Waals surface area contributed by atoms with Gasteiger partial charge in [-0.3, -0.25) is 0 Å². The van der Waals surface area contributed by atoms with Crippen LogP contribution in [0.5, 0.6) is 0 Å². The van der Waals surface area contributed by atoms with E-state index in [2.05, 4.69) is 42.2 Å². The second-order valence-corrected chi connectivity index (χ2v) is 7.65. The lowest BCUT2D eigenvalue weighted by atomic mass is 9.87. The molecule has 1 N–H and O–H groups in total. The summed E-state index contributed by atoms with van der Waals surface area (Å²) in [6, 6.07) is 1.50. The van der Waals surface area contributed by atoms with Crippen LogP contribution in [0.15, 0.2) is 0 Å². The third-order valence-electron chi connectivity index (χ3n) is 5.12. The maximum atomic E-state index is 3.89. The van der Waals surface area contributed by atoms with E-state index in [0.29, 0.717) is 4.75 Å². The van der Waals surface area contributed by atoms with Gasteiger partial charge in [-0.15, -0.1) is 0 Å². The van der Waals surface area contributed by atoms with Crippen LogP contribution in [0.1, 0.15) is 51.9 Å². The molecule has 0 aromatic heterocycles. The van der Waals surface area contributed by atoms with E-state index in [1.54, 1.807) is 0 Å². The molecular weight excluding hydrogens is 240 g/mol. The molecule has 0 amide bonds. The topological polar surface area (TPSA) is 15.3 Å². The summed E-state index contributed by atoms with van der Waals surface area (Å²) in [6.07, 6.45) is 12.1. The molecular formula is C15H30N2S. The quantitative estimate of drug-likeness (QED) is 0.845. The SMILES string of the molecule is CSC1(CNC2CCN(C)C(C)C2)CCCCC1. The number of nitrogens with one attached hydrogen (secondary N) is 1. The number of likely N-dealkylation sites (tertiary alicyclic amines) is 1. The number of rotatable bonds is 4. The minimum absolute atomic E-state index is 0.546. The Labute approximate surface area is 117 Å². The first-order chi connectivity index (χ1) is 8.65. The molecule has 0 aromatic rings. The van der Waals surface area contributed by atoms with Gasteiger partial charge in [0.15, 0.2) is 0 Å². The highest BCUT2D eigenvalue weighted by atomic mass is 32.2. The normalized spacial score (nSPS) is 33.5. The number of hydrogen-bond donors (Lipinski definition) is 1. The van der Waals surface area contributed by atoms with Gasteiger partial charge < -0.3 is 10.2 Å². The first kappa shape index (κ1) is 14.7. The van der Waals surface area contributed by atoms with Crippen molar-refractivity contribution in [3.8, 4) is 0 Å². The highest BCUT2D eigenvalue weighted by Gasteiger charge is 2.32. The summed E-state index contributed by atoms with van der Waals surface area (Å²) < 4.78 is 0.546. The molecule has 1 aliphatic carbocycles. The zero-order chi connectivity index (χ0) is 13.0. The summed E-state index contributed by atoms with van der Waals surface area (Å²) in [7, 11) is 2.26. The summed E-state index contributed by atoms with van der Waals surface area (Å²) in [6.45, 7) is 4.85. The molecule has 2 aliphatic rings. The molecule has 1 saturated carbocycles. The van der Waals surface area contributed by atoms with E-state index in [0.717, 1.165) is 12.1 Å². The number of thioether (sulfide) groups is 1. The number of piperidine rings is 1. The third kappa shape index (κ3) is 3.64. The predicted octanol–water partition coefficient (Wildman–Crippen LogP) is 3.12. The Morgan fingerprint density at radius 2 is 2.00 bits per heavy atom. The Balaban J connectivity index is 1.79. The predicted molar refractivity (Wildman–Crippen MR) is 82.4 cm³/mol. The molecule has 2 rings (SSSR count). The van der Waals surface area contributed by atoms with E-state index in [1.165, 1.54) is 58.0 Å². The van der Waals surface area contributed by atoms with Gasteiger partial charge in [-0.2, -0.15) is 11.8 Å². The first-order valence-corrected chi connectivity index (χ1v) is 8.86. The fraction of sp³-hybridized carbons (Fsp3) is 1.00. The van der Waals surface area contributed by atoms with Gasteiger partial charge in [0.25, 0.3) is 0 Å². The highest BCUT2D eigenvalue weighted by Crippen LogP contribution is 2.38. The molecule has 106 valence electrons. The standard InChI is InChI=1S/C15H30N2S/c1-13-11-14(7-10-17(13)2)16-12-15(18-3)8-5-4-6-9-15/h13-14,16H,4-12H2,1-3H3. The van der Waals surface area contributed by atoms with Gasteiger partial charge in [-0.05, 0) is 52.5 Å². The second-order valence-electron chi connectivity index (χ2n) is 6.38. The van der Waals surface area contributed by atoms with Crippen LogP contribution in [0.3, 0.4) is 0 Å². The van der Waals surface area contributed by atoms with Crippen molar-refractivity contribution in [2.75, 3.05) is 26.4 Å². The van der Waals surface area contributed by atoms with Gasteiger partial charge in [0.2, 0.25) is 0 Å². The highest BCUT2D eigenvalue weighted by molar-refractivity contribution is 8.00. The minimum atomic E-state index is 0.546. The van der Waals surface area contributed by atoms with Gasteiger partial charge in [-0.1, -0.05) is 19.3 Å². The molecule has 0 bridgehead atoms. The Hall–Kier alpha value is 0.270. The van der Waals surface area contributed by atoms with Crippen LogP contribution in [-0.4, -0.2) is 48.1 Å². The molecule has 2 nitrogen and oxygen atoms in total. The summed E-state index contributed by atoms with van der Waals surface area (Å²) in [5.74, 6) is 0. The third-order valence-corrected chi connectivity index (χ3v) is 6.54. The largest absolute Gasteiger partial charge is 0.312 e. The maximum Gasteiger partial charge on any atom is 0.0281 e. The van der Waals surface area contributed by atoms with Crippen LogP contribution in [0.25, 0.3) is 0 Å². The summed E-state index contributed by atoms with van der Waals surface area (Å²) in [5, 5.41) is 3.89. The average molecular weight is 270 g/mol. The van der Waals surface area contributed by atoms with Gasteiger partial charge in [0, 0.05) is 23.4 Å². The van der Waals surface area contributed by atoms with Crippen LogP contribution in [-0.2, 0) is 0 Å². The Morgan fingerprint density at radius 1 is 1.28 bits per heavy atom. The van der Waals surface area contributed by atoms with Crippen molar-refractivity contribution in [2.24, 2.45) is 0 Å². The number of nitrogens with zero attached hydrogens (tertiary/aromatic N) is 1. The number of hydrogen-bond acceptors (Lipinski definition) is 3. The van der Waals surface area contributed by atoms with Crippen LogP contribution in [0.4, 0.5) is 0 Å². The molecule has 2 fully saturated rings. The Kier molecular flexibility index (Phi) is 5.40. The molecule has 1 heterocycles. The summed E-state index contributed by atoms with van der Waals surface area (Å²) in [5.41, 5.74) is 0. The lowest BCUT2D eigenvalue weighted by Gasteiger charge is -2.40. The lowest BCUT2D eigenvalue weighted by molar-refractivity contribution is 0.165. The Bertz CT molecular complexity index is 251. The van der Waals surface area contributed by atoms with Gasteiger partial charge in [0.1, 0.15) is 0 Å². The lowest BCUT2D eigenvalue weighted by Crippen LogP contribution is -2.49. The van der Waals surface area contributed by atoms with Crippen LogP contribution >= 0.6 is 11.8 Å². The maximum absolute atomic E-state index is 3.89. The van der Waals surface area contributed by atoms with E-state index < -0.39 is 0 Å². The zero-order valence-corrected chi connectivity index (χ0v) is 13.2. The van der Waals surface area contributed by atoms with E-state index in [4.69, 9.17) is 0 Å². The molecule has 0 radical (unpaired) electrons. The summed E-state index contributed by atoms with van der Waals surface area (Å²) in [4.78, 5) is 2.49. The van der Waals surface area contributed by atoms with E-state index >= 15 is 0 Å². The van der Waals surface area contributed by atoms with Crippen LogP contribution < -0.4 is 5.32 Å². The van der Waals surface area contributed by atoms with Crippen LogP contribution in [0.2, 0.25) is 0 Å².